The maximum Gasteiger partial charge on any atom is 0.185 e. The highest BCUT2D eigenvalue weighted by Crippen LogP contribution is 2.37. The molecule has 5 nitrogen and oxygen atoms in total. The SMILES string of the molecule is CCc1cc(F)c(-c2nc(C(=O)Cc3cnccc3[C@H]3C[C@@H](N)[C@H](O)[C@@H](C)C3)ccc2F)c(F)c1. The Hall–Kier alpha value is -3.10. The van der Waals surface area contributed by atoms with Gasteiger partial charge in [0.25, 0.3) is 0 Å². The van der Waals surface area contributed by atoms with Crippen LogP contribution in [0.1, 0.15) is 59.8 Å². The summed E-state index contributed by atoms with van der Waals surface area (Å²) in [5.74, 6) is -3.17. The van der Waals surface area contributed by atoms with E-state index in [2.05, 4.69) is 9.97 Å². The Balaban J connectivity index is 1.64. The van der Waals surface area contributed by atoms with Crippen LogP contribution in [0.2, 0.25) is 0 Å². The molecular formula is C27H28F3N3O2. The van der Waals surface area contributed by atoms with Crippen LogP contribution in [-0.4, -0.2) is 33.0 Å². The van der Waals surface area contributed by atoms with Gasteiger partial charge in [-0.2, -0.15) is 0 Å². The summed E-state index contributed by atoms with van der Waals surface area (Å²) in [4.78, 5) is 21.3. The minimum absolute atomic E-state index is 0.00526. The molecule has 0 spiro atoms. The lowest BCUT2D eigenvalue weighted by molar-refractivity contribution is 0.0519. The number of carbonyl (C=O) groups excluding carboxylic acids is 1. The normalized spacial score (nSPS) is 22.3. The zero-order chi connectivity index (χ0) is 25.3. The molecule has 0 bridgehead atoms. The summed E-state index contributed by atoms with van der Waals surface area (Å²) in [6.07, 6.45) is 4.30. The van der Waals surface area contributed by atoms with Crippen molar-refractivity contribution < 1.29 is 23.1 Å². The monoisotopic (exact) mass is 483 g/mol. The largest absolute Gasteiger partial charge is 0.391 e. The van der Waals surface area contributed by atoms with E-state index in [9.17, 15) is 23.1 Å². The van der Waals surface area contributed by atoms with Crippen molar-refractivity contribution in [3.05, 3.63) is 82.6 Å². The van der Waals surface area contributed by atoms with Crippen molar-refractivity contribution in [2.45, 2.75) is 57.6 Å². The van der Waals surface area contributed by atoms with Crippen molar-refractivity contribution in [2.75, 3.05) is 0 Å². The molecule has 4 atom stereocenters. The van der Waals surface area contributed by atoms with E-state index in [1.807, 2.05) is 13.0 Å². The Labute approximate surface area is 202 Å². The van der Waals surface area contributed by atoms with Gasteiger partial charge in [-0.25, -0.2) is 18.2 Å². The Morgan fingerprint density at radius 3 is 2.49 bits per heavy atom. The first kappa shape index (κ1) is 25.0. The van der Waals surface area contributed by atoms with Crippen molar-refractivity contribution in [3.63, 3.8) is 0 Å². The first-order valence-corrected chi connectivity index (χ1v) is 11.7. The molecule has 1 saturated carbocycles. The lowest BCUT2D eigenvalue weighted by atomic mass is 9.74. The number of Topliss-reactive ketones (excluding diaryl/α,β-unsaturated/α-hetero) is 1. The quantitative estimate of drug-likeness (QED) is 0.494. The average molecular weight is 484 g/mol. The predicted molar refractivity (Wildman–Crippen MR) is 126 cm³/mol. The van der Waals surface area contributed by atoms with Gasteiger partial charge in [-0.15, -0.1) is 0 Å². The van der Waals surface area contributed by atoms with Crippen LogP contribution >= 0.6 is 0 Å². The standard InChI is InChI=1S/C27H28F3N3O2/c1-3-15-9-20(29)25(21(30)10-15)26-19(28)4-5-23(33-26)24(34)12-17-13-32-7-6-18(17)16-8-14(2)27(35)22(31)11-16/h4-7,9-10,13-14,16,22,27,35H,3,8,11-12,31H2,1-2H3/t14-,16+,22+,27+/m0/s1. The molecule has 0 unspecified atom stereocenters. The number of ketones is 1. The maximum atomic E-state index is 14.6. The smallest absolute Gasteiger partial charge is 0.185 e. The molecule has 8 heteroatoms. The molecule has 3 N–H and O–H groups in total. The molecule has 4 rings (SSSR count). The van der Waals surface area contributed by atoms with Crippen LogP contribution < -0.4 is 5.73 Å². The van der Waals surface area contributed by atoms with Crippen LogP contribution in [0, 0.1) is 23.4 Å². The highest BCUT2D eigenvalue weighted by molar-refractivity contribution is 5.96. The van der Waals surface area contributed by atoms with Gasteiger partial charge in [0.1, 0.15) is 28.8 Å². The number of hydrogen-bond acceptors (Lipinski definition) is 5. The summed E-state index contributed by atoms with van der Waals surface area (Å²) < 4.78 is 43.8. The number of halogens is 3. The number of nitrogens with two attached hydrogens (primary N) is 1. The van der Waals surface area contributed by atoms with E-state index in [0.29, 0.717) is 30.4 Å². The summed E-state index contributed by atoms with van der Waals surface area (Å²) >= 11 is 0. The van der Waals surface area contributed by atoms with Crippen LogP contribution in [-0.2, 0) is 12.8 Å². The molecule has 2 aromatic heterocycles. The molecule has 35 heavy (non-hydrogen) atoms. The Bertz CT molecular complexity index is 1220. The van der Waals surface area contributed by atoms with Gasteiger partial charge in [-0.1, -0.05) is 13.8 Å². The molecule has 1 aliphatic carbocycles. The summed E-state index contributed by atoms with van der Waals surface area (Å²) in [5.41, 5.74) is 6.92. The topological polar surface area (TPSA) is 89.1 Å². The third-order valence-corrected chi connectivity index (χ3v) is 6.85. The highest BCUT2D eigenvalue weighted by atomic mass is 19.1. The predicted octanol–water partition coefficient (Wildman–Crippen LogP) is 4.75. The van der Waals surface area contributed by atoms with Gasteiger partial charge in [-0.05, 0) is 78.1 Å². The summed E-state index contributed by atoms with van der Waals surface area (Å²) in [6.45, 7) is 3.69. The lowest BCUT2D eigenvalue weighted by Gasteiger charge is -2.36. The Kier molecular flexibility index (Phi) is 7.33. The number of nitrogens with zero attached hydrogens (tertiary/aromatic N) is 2. The van der Waals surface area contributed by atoms with Crippen LogP contribution in [0.4, 0.5) is 13.2 Å². The van der Waals surface area contributed by atoms with Crippen LogP contribution in [0.3, 0.4) is 0 Å². The van der Waals surface area contributed by atoms with Gasteiger partial charge < -0.3 is 10.8 Å². The summed E-state index contributed by atoms with van der Waals surface area (Å²) in [7, 11) is 0. The van der Waals surface area contributed by atoms with Crippen LogP contribution in [0.25, 0.3) is 11.3 Å². The van der Waals surface area contributed by atoms with Gasteiger partial charge in [-0.3, -0.25) is 9.78 Å². The number of hydrogen-bond donors (Lipinski definition) is 2. The third kappa shape index (κ3) is 5.13. The molecular weight excluding hydrogens is 455 g/mol. The number of aliphatic hydroxyl groups excluding tert-OH is 1. The number of benzene rings is 1. The van der Waals surface area contributed by atoms with E-state index < -0.39 is 40.6 Å². The zero-order valence-electron chi connectivity index (χ0n) is 19.6. The van der Waals surface area contributed by atoms with Crippen LogP contribution in [0.5, 0.6) is 0 Å². The molecule has 2 heterocycles. The molecule has 3 aromatic rings. The fourth-order valence-corrected chi connectivity index (χ4v) is 4.90. The first-order valence-electron chi connectivity index (χ1n) is 11.7. The van der Waals surface area contributed by atoms with Crippen molar-refractivity contribution >= 4 is 5.78 Å². The van der Waals surface area contributed by atoms with E-state index in [-0.39, 0.29) is 30.0 Å². The molecule has 1 aliphatic rings. The first-order chi connectivity index (χ1) is 16.7. The second-order valence-electron chi connectivity index (χ2n) is 9.29. The second-order valence-corrected chi connectivity index (χ2v) is 9.29. The number of rotatable bonds is 6. The van der Waals surface area contributed by atoms with E-state index in [4.69, 9.17) is 5.73 Å². The van der Waals surface area contributed by atoms with Gasteiger partial charge >= 0.3 is 0 Å². The number of carbonyl (C=O) groups is 1. The number of aromatic nitrogens is 2. The Morgan fingerprint density at radius 2 is 1.83 bits per heavy atom. The molecule has 184 valence electrons. The molecule has 0 aliphatic heterocycles. The van der Waals surface area contributed by atoms with Gasteiger partial charge in [0.15, 0.2) is 5.78 Å². The molecule has 0 saturated heterocycles. The number of pyridine rings is 2. The van der Waals surface area contributed by atoms with E-state index in [0.717, 1.165) is 23.8 Å². The van der Waals surface area contributed by atoms with Gasteiger partial charge in [0, 0.05) is 24.9 Å². The fourth-order valence-electron chi connectivity index (χ4n) is 4.90. The summed E-state index contributed by atoms with van der Waals surface area (Å²) in [6, 6.07) is 5.96. The van der Waals surface area contributed by atoms with Crippen molar-refractivity contribution in [2.24, 2.45) is 11.7 Å². The molecule has 0 radical (unpaired) electrons. The maximum absolute atomic E-state index is 14.6. The molecule has 0 amide bonds. The second kappa shape index (κ2) is 10.3. The van der Waals surface area contributed by atoms with E-state index in [1.165, 1.54) is 6.07 Å². The Morgan fingerprint density at radius 1 is 1.11 bits per heavy atom. The van der Waals surface area contributed by atoms with Crippen LogP contribution in [0.15, 0.2) is 42.7 Å². The van der Waals surface area contributed by atoms with Crippen molar-refractivity contribution in [1.82, 2.24) is 9.97 Å². The fraction of sp³-hybridized carbons (Fsp3) is 0.370. The number of aryl methyl sites for hydroxylation is 1. The third-order valence-electron chi connectivity index (χ3n) is 6.85. The zero-order valence-corrected chi connectivity index (χ0v) is 19.6. The summed E-state index contributed by atoms with van der Waals surface area (Å²) in [5, 5.41) is 10.2. The molecule has 1 aromatic carbocycles. The highest BCUT2D eigenvalue weighted by Gasteiger charge is 2.34. The lowest BCUT2D eigenvalue weighted by Crippen LogP contribution is -2.44. The van der Waals surface area contributed by atoms with E-state index >= 15 is 0 Å². The number of aliphatic hydroxyl groups is 1. The van der Waals surface area contributed by atoms with Gasteiger partial charge in [0.05, 0.1) is 11.7 Å². The van der Waals surface area contributed by atoms with Crippen molar-refractivity contribution in [1.29, 1.82) is 0 Å². The average Bonchev–Trinajstić information content (AvgIpc) is 2.83. The molecule has 1 fully saturated rings. The minimum Gasteiger partial charge on any atom is -0.391 e. The van der Waals surface area contributed by atoms with E-state index in [1.54, 1.807) is 19.3 Å². The van der Waals surface area contributed by atoms with Gasteiger partial charge in [0.2, 0.25) is 0 Å². The minimum atomic E-state index is -0.933. The van der Waals surface area contributed by atoms with Crippen molar-refractivity contribution in [3.8, 4) is 11.3 Å².